The number of Topliss-reactive ketones (excluding diaryl/α,β-unsaturated/α-hetero) is 1. The number of hydrogen-bond donors (Lipinski definition) is 0. The van der Waals surface area contributed by atoms with Gasteiger partial charge < -0.3 is 4.74 Å². The van der Waals surface area contributed by atoms with Crippen molar-refractivity contribution in [3.8, 4) is 0 Å². The lowest BCUT2D eigenvalue weighted by Gasteiger charge is -2.52. The van der Waals surface area contributed by atoms with E-state index in [0.717, 1.165) is 24.8 Å². The molecule has 0 saturated carbocycles. The van der Waals surface area contributed by atoms with Gasteiger partial charge in [-0.2, -0.15) is 0 Å². The van der Waals surface area contributed by atoms with E-state index in [2.05, 4.69) is 27.4 Å². The third kappa shape index (κ3) is 3.31. The van der Waals surface area contributed by atoms with Crippen LogP contribution in [0.1, 0.15) is 59.3 Å². The summed E-state index contributed by atoms with van der Waals surface area (Å²) in [6.45, 7) is 10.4. The Morgan fingerprint density at radius 2 is 1.80 bits per heavy atom. The van der Waals surface area contributed by atoms with Crippen molar-refractivity contribution in [2.75, 3.05) is 0 Å². The lowest BCUT2D eigenvalue weighted by atomic mass is 9.59. The average molecular weight is 429 g/mol. The van der Waals surface area contributed by atoms with Gasteiger partial charge in [0.15, 0.2) is 11.2 Å². The first-order valence-corrected chi connectivity index (χ1v) is 12.5. The third-order valence-electron chi connectivity index (χ3n) is 7.91. The van der Waals surface area contributed by atoms with Gasteiger partial charge in [-0.05, 0) is 55.6 Å². The van der Waals surface area contributed by atoms with E-state index in [4.69, 9.17) is 4.74 Å². The number of carbonyl (C=O) groups is 1. The maximum Gasteiger partial charge on any atom is 0.205 e. The average Bonchev–Trinajstić information content (AvgIpc) is 3.12. The fourth-order valence-corrected chi connectivity index (χ4v) is 7.41. The highest BCUT2D eigenvalue weighted by Crippen LogP contribution is 2.56. The lowest BCUT2D eigenvalue weighted by molar-refractivity contribution is -0.128. The minimum atomic E-state index is -3.67. The molecule has 4 rings (SSSR count). The van der Waals surface area contributed by atoms with E-state index >= 15 is 0 Å². The summed E-state index contributed by atoms with van der Waals surface area (Å²) in [5, 5.41) is 0. The van der Waals surface area contributed by atoms with Gasteiger partial charge in [0.05, 0.1) is 11.0 Å². The van der Waals surface area contributed by atoms with Crippen LogP contribution < -0.4 is 0 Å². The fourth-order valence-electron chi connectivity index (χ4n) is 5.69. The number of allylic oxidation sites excluding steroid dienone is 2. The van der Waals surface area contributed by atoms with Gasteiger partial charge in [-0.1, -0.05) is 50.6 Å². The zero-order chi connectivity index (χ0) is 21.7. The number of carbonyl (C=O) groups excluding carboxylic acids is 1. The zero-order valence-corrected chi connectivity index (χ0v) is 19.0. The predicted molar refractivity (Wildman–Crippen MR) is 118 cm³/mol. The number of ketones is 1. The van der Waals surface area contributed by atoms with Crippen LogP contribution in [0.5, 0.6) is 0 Å². The highest BCUT2D eigenvalue weighted by atomic mass is 32.2. The Labute approximate surface area is 180 Å². The van der Waals surface area contributed by atoms with E-state index in [9.17, 15) is 13.2 Å². The second kappa shape index (κ2) is 7.45. The molecule has 2 unspecified atom stereocenters. The Morgan fingerprint density at radius 1 is 1.10 bits per heavy atom. The zero-order valence-electron chi connectivity index (χ0n) is 18.2. The Hall–Kier alpha value is -1.72. The first-order chi connectivity index (χ1) is 14.1. The molecular weight excluding hydrogens is 396 g/mol. The van der Waals surface area contributed by atoms with Crippen molar-refractivity contribution < 1.29 is 17.9 Å². The second-order valence-electron chi connectivity index (χ2n) is 9.80. The molecule has 1 fully saturated rings. The monoisotopic (exact) mass is 428 g/mol. The molecule has 0 N–H and O–H groups in total. The Morgan fingerprint density at radius 3 is 2.47 bits per heavy atom. The van der Waals surface area contributed by atoms with Crippen LogP contribution >= 0.6 is 0 Å². The molecule has 0 bridgehead atoms. The number of ether oxygens (including phenoxy) is 1. The highest BCUT2D eigenvalue weighted by Gasteiger charge is 2.55. The third-order valence-corrected chi connectivity index (χ3v) is 9.81. The highest BCUT2D eigenvalue weighted by molar-refractivity contribution is 7.92. The van der Waals surface area contributed by atoms with Crippen molar-refractivity contribution in [3.05, 3.63) is 54.1 Å². The van der Waals surface area contributed by atoms with Gasteiger partial charge in [0.2, 0.25) is 9.84 Å². The molecule has 1 heterocycles. The molecule has 1 aliphatic heterocycles. The van der Waals surface area contributed by atoms with Gasteiger partial charge in [-0.15, -0.1) is 6.58 Å². The largest absolute Gasteiger partial charge is 0.358 e. The maximum atomic E-state index is 13.5. The SMILES string of the molecule is C=C[C@]1(C)C[C@H](C2(C)C3=C(CCC3=O)CCC2C)O[C@@H](S(=O)(=O)c2ccccc2)C1. The van der Waals surface area contributed by atoms with Crippen molar-refractivity contribution in [2.24, 2.45) is 16.7 Å². The summed E-state index contributed by atoms with van der Waals surface area (Å²) in [5.41, 5.74) is 0.384. The lowest BCUT2D eigenvalue weighted by Crippen LogP contribution is -2.52. The number of hydrogen-bond acceptors (Lipinski definition) is 4. The Balaban J connectivity index is 1.78. The van der Waals surface area contributed by atoms with Crippen LogP contribution in [0, 0.1) is 16.7 Å². The molecule has 162 valence electrons. The number of rotatable bonds is 4. The topological polar surface area (TPSA) is 60.4 Å². The van der Waals surface area contributed by atoms with E-state index in [-0.39, 0.29) is 28.1 Å². The van der Waals surface area contributed by atoms with Crippen LogP contribution in [0.25, 0.3) is 0 Å². The van der Waals surface area contributed by atoms with Crippen molar-refractivity contribution in [2.45, 2.75) is 75.7 Å². The van der Waals surface area contributed by atoms with Crippen molar-refractivity contribution >= 4 is 15.6 Å². The van der Waals surface area contributed by atoms with Crippen molar-refractivity contribution in [1.29, 1.82) is 0 Å². The first kappa shape index (κ1) is 21.5. The van der Waals surface area contributed by atoms with Crippen molar-refractivity contribution in [3.63, 3.8) is 0 Å². The molecule has 1 aromatic carbocycles. The summed E-state index contributed by atoms with van der Waals surface area (Å²) < 4.78 is 33.4. The minimum absolute atomic E-state index is 0.219. The predicted octanol–water partition coefficient (Wildman–Crippen LogP) is 5.25. The molecule has 0 amide bonds. The molecule has 3 aliphatic rings. The summed E-state index contributed by atoms with van der Waals surface area (Å²) in [4.78, 5) is 13.2. The van der Waals surface area contributed by atoms with Crippen LogP contribution in [0.3, 0.4) is 0 Å². The van der Waals surface area contributed by atoms with E-state index in [1.165, 1.54) is 5.57 Å². The quantitative estimate of drug-likeness (QED) is 0.614. The molecule has 5 heteroatoms. The Kier molecular flexibility index (Phi) is 5.34. The van der Waals surface area contributed by atoms with Gasteiger partial charge >= 0.3 is 0 Å². The summed E-state index contributed by atoms with van der Waals surface area (Å²) in [7, 11) is -3.67. The minimum Gasteiger partial charge on any atom is -0.358 e. The molecule has 0 radical (unpaired) electrons. The number of sulfone groups is 1. The molecular formula is C25H32O4S. The summed E-state index contributed by atoms with van der Waals surface area (Å²) >= 11 is 0. The molecule has 0 spiro atoms. The van der Waals surface area contributed by atoms with Gasteiger partial charge in [0.1, 0.15) is 0 Å². The van der Waals surface area contributed by atoms with Crippen LogP contribution in [0.15, 0.2) is 59.0 Å². The standard InChI is InChI=1S/C25H32O4S/c1-5-24(3)15-21(25(4)17(2)11-12-18-13-14-20(26)23(18)25)29-22(16-24)30(27,28)19-9-7-6-8-10-19/h5-10,17,21-22H,1,11-16H2,2-4H3/t17?,21-,22+,24-,25?/m1/s1. The fraction of sp³-hybridized carbons (Fsp3) is 0.560. The van der Waals surface area contributed by atoms with E-state index < -0.39 is 20.7 Å². The summed E-state index contributed by atoms with van der Waals surface area (Å²) in [5.74, 6) is 0.464. The van der Waals surface area contributed by atoms with Crippen molar-refractivity contribution in [1.82, 2.24) is 0 Å². The van der Waals surface area contributed by atoms with Gasteiger partial charge in [-0.3, -0.25) is 4.79 Å². The van der Waals surface area contributed by atoms with E-state index in [1.807, 2.05) is 12.1 Å². The van der Waals surface area contributed by atoms with Crippen LogP contribution in [0.2, 0.25) is 0 Å². The first-order valence-electron chi connectivity index (χ1n) is 11.0. The summed E-state index contributed by atoms with van der Waals surface area (Å²) in [6.07, 6.45) is 5.95. The second-order valence-corrected chi connectivity index (χ2v) is 11.9. The molecule has 0 aromatic heterocycles. The normalized spacial score (nSPS) is 37.2. The van der Waals surface area contributed by atoms with Gasteiger partial charge in [-0.25, -0.2) is 8.42 Å². The van der Waals surface area contributed by atoms with Crippen LogP contribution in [-0.4, -0.2) is 25.7 Å². The van der Waals surface area contributed by atoms with Gasteiger partial charge in [0.25, 0.3) is 0 Å². The molecule has 1 aromatic rings. The Bertz CT molecular complexity index is 993. The maximum absolute atomic E-state index is 13.5. The molecule has 2 aliphatic carbocycles. The molecule has 4 nitrogen and oxygen atoms in total. The van der Waals surface area contributed by atoms with E-state index in [0.29, 0.717) is 19.3 Å². The summed E-state index contributed by atoms with van der Waals surface area (Å²) in [6, 6.07) is 8.53. The van der Waals surface area contributed by atoms with Crippen LogP contribution in [0.4, 0.5) is 0 Å². The molecule has 1 saturated heterocycles. The van der Waals surface area contributed by atoms with Gasteiger partial charge in [0, 0.05) is 17.4 Å². The molecule has 5 atom stereocenters. The smallest absolute Gasteiger partial charge is 0.205 e. The molecule has 30 heavy (non-hydrogen) atoms. The number of benzene rings is 1. The van der Waals surface area contributed by atoms with E-state index in [1.54, 1.807) is 24.3 Å². The van der Waals surface area contributed by atoms with Crippen LogP contribution in [-0.2, 0) is 19.4 Å².